The first-order chi connectivity index (χ1) is 13.3. The number of aliphatic hydroxyl groups is 2. The average Bonchev–Trinajstić information content (AvgIpc) is 3.01. The van der Waals surface area contributed by atoms with Gasteiger partial charge in [0, 0.05) is 0 Å². The fourth-order valence-electron chi connectivity index (χ4n) is 9.40. The Morgan fingerprint density at radius 1 is 0.964 bits per heavy atom. The van der Waals surface area contributed by atoms with Crippen molar-refractivity contribution >= 4 is 0 Å². The smallest absolute Gasteiger partial charge is 0.0605 e. The van der Waals surface area contributed by atoms with E-state index in [2.05, 4.69) is 27.7 Å². The third kappa shape index (κ3) is 2.94. The topological polar surface area (TPSA) is 66.5 Å². The average molecular weight is 392 g/mol. The van der Waals surface area contributed by atoms with Crippen LogP contribution in [0.5, 0.6) is 0 Å². The van der Waals surface area contributed by atoms with Crippen molar-refractivity contribution < 1.29 is 10.2 Å². The van der Waals surface area contributed by atoms with Crippen molar-refractivity contribution in [1.82, 2.24) is 0 Å². The number of hydrogen-bond donors (Lipinski definition) is 3. The lowest BCUT2D eigenvalue weighted by molar-refractivity contribution is -0.203. The molecule has 0 aromatic rings. The molecule has 11 atom stereocenters. The minimum atomic E-state index is -0.174. The van der Waals surface area contributed by atoms with Gasteiger partial charge in [0.25, 0.3) is 0 Å². The molecule has 162 valence electrons. The maximum absolute atomic E-state index is 11.7. The minimum Gasteiger partial charge on any atom is -0.393 e. The molecule has 0 aliphatic heterocycles. The van der Waals surface area contributed by atoms with Crippen LogP contribution in [0.4, 0.5) is 0 Å². The van der Waals surface area contributed by atoms with Gasteiger partial charge in [-0.25, -0.2) is 0 Å². The van der Waals surface area contributed by atoms with Gasteiger partial charge < -0.3 is 15.9 Å². The van der Waals surface area contributed by atoms with E-state index in [9.17, 15) is 10.2 Å². The summed E-state index contributed by atoms with van der Waals surface area (Å²) in [5.74, 6) is 4.12. The van der Waals surface area contributed by atoms with E-state index in [0.29, 0.717) is 46.3 Å². The summed E-state index contributed by atoms with van der Waals surface area (Å²) in [5.41, 5.74) is 6.61. The van der Waals surface area contributed by atoms with Gasteiger partial charge in [-0.3, -0.25) is 0 Å². The maximum Gasteiger partial charge on any atom is 0.0605 e. The molecule has 0 amide bonds. The molecule has 3 nitrogen and oxygen atoms in total. The lowest BCUT2D eigenvalue weighted by atomic mass is 9.41. The van der Waals surface area contributed by atoms with Crippen molar-refractivity contribution in [3.8, 4) is 0 Å². The third-order valence-electron chi connectivity index (χ3n) is 10.8. The molecule has 4 aliphatic carbocycles. The number of nitrogens with two attached hydrogens (primary N) is 1. The quantitative estimate of drug-likeness (QED) is 0.656. The van der Waals surface area contributed by atoms with Crippen LogP contribution in [0.2, 0.25) is 0 Å². The van der Waals surface area contributed by atoms with Crippen LogP contribution in [0.3, 0.4) is 0 Å². The van der Waals surface area contributed by atoms with Crippen LogP contribution < -0.4 is 5.73 Å². The van der Waals surface area contributed by atoms with E-state index in [0.717, 1.165) is 44.6 Å². The fraction of sp³-hybridized carbons (Fsp3) is 1.00. The minimum absolute atomic E-state index is 0.155. The van der Waals surface area contributed by atoms with Crippen molar-refractivity contribution in [2.75, 3.05) is 6.54 Å². The van der Waals surface area contributed by atoms with Gasteiger partial charge in [0.2, 0.25) is 0 Å². The molecule has 3 heteroatoms. The highest BCUT2D eigenvalue weighted by Crippen LogP contribution is 2.69. The van der Waals surface area contributed by atoms with Crippen LogP contribution in [0, 0.1) is 52.3 Å². The van der Waals surface area contributed by atoms with E-state index >= 15 is 0 Å². The molecule has 3 unspecified atom stereocenters. The van der Waals surface area contributed by atoms with Crippen molar-refractivity contribution in [3.05, 3.63) is 0 Å². The Morgan fingerprint density at radius 2 is 1.64 bits per heavy atom. The second kappa shape index (κ2) is 7.54. The number of hydrogen-bond acceptors (Lipinski definition) is 3. The van der Waals surface area contributed by atoms with Crippen LogP contribution >= 0.6 is 0 Å². The maximum atomic E-state index is 11.7. The standard InChI is InChI=1S/C25H45NO2/c1-5-17-21-14-16(27)8-11-25(21,4)20-9-12-24(3)18(15(2)10-13-26)6-7-19(24)22(20)23(17)28/h15-23,27-28H,5-14,26H2,1-4H3/t15-,16-,17-,18?,19+,20+,21?,22+,23-,24?,25+/m1/s1. The van der Waals surface area contributed by atoms with Crippen LogP contribution in [0.15, 0.2) is 0 Å². The molecule has 4 N–H and O–H groups in total. The van der Waals surface area contributed by atoms with Crippen molar-refractivity contribution in [3.63, 3.8) is 0 Å². The fourth-order valence-corrected chi connectivity index (χ4v) is 9.40. The molecule has 0 heterocycles. The second-order valence-electron chi connectivity index (χ2n) is 11.7. The van der Waals surface area contributed by atoms with Crippen LogP contribution in [0.1, 0.15) is 85.5 Å². The Balaban J connectivity index is 1.67. The Morgan fingerprint density at radius 3 is 2.32 bits per heavy atom. The molecule has 0 spiro atoms. The summed E-state index contributed by atoms with van der Waals surface area (Å²) < 4.78 is 0. The Kier molecular flexibility index (Phi) is 5.69. The molecular weight excluding hydrogens is 346 g/mol. The summed E-state index contributed by atoms with van der Waals surface area (Å²) in [6.45, 7) is 10.6. The van der Waals surface area contributed by atoms with Gasteiger partial charge in [-0.15, -0.1) is 0 Å². The number of rotatable bonds is 4. The van der Waals surface area contributed by atoms with Gasteiger partial charge >= 0.3 is 0 Å². The largest absolute Gasteiger partial charge is 0.393 e. The summed E-state index contributed by atoms with van der Waals surface area (Å²) in [5, 5.41) is 22.1. The van der Waals surface area contributed by atoms with Crippen LogP contribution in [0.25, 0.3) is 0 Å². The first kappa shape index (κ1) is 21.1. The lowest BCUT2D eigenvalue weighted by Gasteiger charge is -2.64. The Bertz CT molecular complexity index is 567. The summed E-state index contributed by atoms with van der Waals surface area (Å²) in [6.07, 6.45) is 10.1. The number of fused-ring (bicyclic) bond motifs is 5. The third-order valence-corrected chi connectivity index (χ3v) is 10.8. The van der Waals surface area contributed by atoms with E-state index in [-0.39, 0.29) is 12.2 Å². The highest BCUT2D eigenvalue weighted by atomic mass is 16.3. The van der Waals surface area contributed by atoms with Gasteiger partial charge in [-0.05, 0) is 110 Å². The van der Waals surface area contributed by atoms with E-state index in [4.69, 9.17) is 5.73 Å². The molecule has 28 heavy (non-hydrogen) atoms. The van der Waals surface area contributed by atoms with Crippen LogP contribution in [-0.4, -0.2) is 29.0 Å². The molecule has 0 aromatic carbocycles. The van der Waals surface area contributed by atoms with E-state index in [1.54, 1.807) is 0 Å². The zero-order chi connectivity index (χ0) is 20.3. The Labute approximate surface area is 172 Å². The van der Waals surface area contributed by atoms with Gasteiger partial charge in [-0.2, -0.15) is 0 Å². The van der Waals surface area contributed by atoms with Crippen molar-refractivity contribution in [2.24, 2.45) is 58.0 Å². The Hall–Kier alpha value is -0.120. The van der Waals surface area contributed by atoms with Crippen LogP contribution in [-0.2, 0) is 0 Å². The molecule has 0 bridgehead atoms. The summed E-state index contributed by atoms with van der Waals surface area (Å²) in [7, 11) is 0. The van der Waals surface area contributed by atoms with E-state index in [1.807, 2.05) is 0 Å². The summed E-state index contributed by atoms with van der Waals surface area (Å²) >= 11 is 0. The molecule has 0 radical (unpaired) electrons. The predicted molar refractivity (Wildman–Crippen MR) is 115 cm³/mol. The highest BCUT2D eigenvalue weighted by Gasteiger charge is 2.64. The molecule has 4 saturated carbocycles. The molecular formula is C25H45NO2. The van der Waals surface area contributed by atoms with Gasteiger partial charge in [-0.1, -0.05) is 34.1 Å². The monoisotopic (exact) mass is 391 g/mol. The molecule has 4 fully saturated rings. The second-order valence-corrected chi connectivity index (χ2v) is 11.7. The lowest BCUT2D eigenvalue weighted by Crippen LogP contribution is -2.62. The summed E-state index contributed by atoms with van der Waals surface area (Å²) in [4.78, 5) is 0. The number of aliphatic hydroxyl groups excluding tert-OH is 2. The van der Waals surface area contributed by atoms with Crippen molar-refractivity contribution in [2.45, 2.75) is 97.7 Å². The van der Waals surface area contributed by atoms with Gasteiger partial charge in [0.05, 0.1) is 12.2 Å². The zero-order valence-electron chi connectivity index (χ0n) is 18.7. The highest BCUT2D eigenvalue weighted by molar-refractivity contribution is 5.13. The van der Waals surface area contributed by atoms with Crippen molar-refractivity contribution in [1.29, 1.82) is 0 Å². The zero-order valence-corrected chi connectivity index (χ0v) is 18.7. The molecule has 4 rings (SSSR count). The SMILES string of the molecule is CC[C@@H]1C2C[C@H](O)CC[C@@]2(C)[C@H]2CCC3(C)C([C@H](C)CCN)CC[C@H]3[C@@H]2[C@@H]1O. The van der Waals surface area contributed by atoms with Gasteiger partial charge in [0.15, 0.2) is 0 Å². The first-order valence-electron chi connectivity index (χ1n) is 12.3. The molecule has 4 aliphatic rings. The van der Waals surface area contributed by atoms with E-state index < -0.39 is 0 Å². The summed E-state index contributed by atoms with van der Waals surface area (Å²) in [6, 6.07) is 0. The van der Waals surface area contributed by atoms with E-state index in [1.165, 1.54) is 25.7 Å². The first-order valence-corrected chi connectivity index (χ1v) is 12.3. The van der Waals surface area contributed by atoms with Gasteiger partial charge in [0.1, 0.15) is 0 Å². The normalized spacial score (nSPS) is 54.5. The molecule has 0 aromatic heterocycles. The predicted octanol–water partition coefficient (Wildman–Crippen LogP) is 4.60. The molecule has 0 saturated heterocycles.